The monoisotopic (exact) mass is 381 g/mol. The van der Waals surface area contributed by atoms with Gasteiger partial charge in [-0.3, -0.25) is 4.79 Å². The second-order valence-electron chi connectivity index (χ2n) is 3.73. The van der Waals surface area contributed by atoms with Crippen LogP contribution in [0.25, 0.3) is 0 Å². The second-order valence-corrected chi connectivity index (χ2v) is 5.23. The van der Waals surface area contributed by atoms with Crippen LogP contribution in [0.5, 0.6) is 0 Å². The lowest BCUT2D eigenvalue weighted by Crippen LogP contribution is -2.37. The molecule has 6 heteroatoms. The molecule has 0 aliphatic rings. The number of nitrogens with one attached hydrogen (secondary N) is 1. The molecule has 0 spiro atoms. The highest BCUT2D eigenvalue weighted by molar-refractivity contribution is 9.10. The first-order chi connectivity index (χ1) is 8.58. The Balaban J connectivity index is 2.71. The van der Waals surface area contributed by atoms with Crippen LogP contribution >= 0.6 is 31.9 Å². The molecule has 1 amide bonds. The van der Waals surface area contributed by atoms with Gasteiger partial charge >= 0.3 is 0 Å². The summed E-state index contributed by atoms with van der Waals surface area (Å²) in [6.07, 6.45) is 0.695. The average molecular weight is 383 g/mol. The maximum Gasteiger partial charge on any atom is 0.252 e. The van der Waals surface area contributed by atoms with E-state index in [4.69, 9.17) is 4.74 Å². The molecule has 100 valence electrons. The number of benzene rings is 1. The lowest BCUT2D eigenvalue weighted by atomic mass is 10.2. The zero-order chi connectivity index (χ0) is 13.5. The van der Waals surface area contributed by atoms with Crippen LogP contribution in [0.1, 0.15) is 16.8 Å². The van der Waals surface area contributed by atoms with Gasteiger partial charge in [0.1, 0.15) is 5.82 Å². The molecule has 0 radical (unpaired) electrons. The van der Waals surface area contributed by atoms with Crippen molar-refractivity contribution in [1.29, 1.82) is 0 Å². The first-order valence-corrected chi connectivity index (χ1v) is 7.30. The molecule has 0 aliphatic carbocycles. The summed E-state index contributed by atoms with van der Waals surface area (Å²) in [6, 6.07) is 3.98. The minimum atomic E-state index is -0.435. The van der Waals surface area contributed by atoms with Gasteiger partial charge in [-0.2, -0.15) is 0 Å². The number of carbonyl (C=O) groups excluding carboxylic acids is 1. The standard InChI is InChI=1S/C12H14Br2FNO2/c1-18-5-4-9(7-13)16-12(17)10-6-8(15)2-3-11(10)14/h2-3,6,9H,4-5,7H2,1H3,(H,16,17). The predicted octanol–water partition coefficient (Wildman–Crippen LogP) is 3.12. The third-order valence-electron chi connectivity index (χ3n) is 2.36. The molecule has 1 atom stereocenters. The van der Waals surface area contributed by atoms with E-state index in [1.807, 2.05) is 0 Å². The molecule has 1 N–H and O–H groups in total. The summed E-state index contributed by atoms with van der Waals surface area (Å²) in [4.78, 5) is 12.0. The maximum absolute atomic E-state index is 13.1. The number of halogens is 3. The summed E-state index contributed by atoms with van der Waals surface area (Å²) in [7, 11) is 1.61. The van der Waals surface area contributed by atoms with Gasteiger partial charge in [-0.05, 0) is 40.5 Å². The molecule has 0 aromatic heterocycles. The van der Waals surface area contributed by atoms with Gasteiger partial charge in [0.15, 0.2) is 0 Å². The van der Waals surface area contributed by atoms with Crippen molar-refractivity contribution in [3.8, 4) is 0 Å². The van der Waals surface area contributed by atoms with Gasteiger partial charge in [0, 0.05) is 29.6 Å². The molecule has 1 rings (SSSR count). The molecule has 1 aromatic carbocycles. The third-order valence-corrected chi connectivity index (χ3v) is 3.84. The van der Waals surface area contributed by atoms with E-state index in [0.717, 1.165) is 0 Å². The van der Waals surface area contributed by atoms with Crippen molar-refractivity contribution in [3.63, 3.8) is 0 Å². The smallest absolute Gasteiger partial charge is 0.252 e. The summed E-state index contributed by atoms with van der Waals surface area (Å²) < 4.78 is 18.6. The van der Waals surface area contributed by atoms with E-state index in [-0.39, 0.29) is 11.9 Å². The number of hydrogen-bond acceptors (Lipinski definition) is 2. The van der Waals surface area contributed by atoms with Crippen molar-refractivity contribution in [1.82, 2.24) is 5.32 Å². The molecular weight excluding hydrogens is 369 g/mol. The zero-order valence-electron chi connectivity index (χ0n) is 9.88. The van der Waals surface area contributed by atoms with Crippen molar-refractivity contribution in [2.24, 2.45) is 0 Å². The van der Waals surface area contributed by atoms with Gasteiger partial charge in [-0.1, -0.05) is 15.9 Å². The Labute approximate surface area is 122 Å². The fraction of sp³-hybridized carbons (Fsp3) is 0.417. The summed E-state index contributed by atoms with van der Waals surface area (Å²) in [5.74, 6) is -0.738. The van der Waals surface area contributed by atoms with Crippen LogP contribution in [0.3, 0.4) is 0 Å². The van der Waals surface area contributed by atoms with Crippen LogP contribution in [0.4, 0.5) is 4.39 Å². The van der Waals surface area contributed by atoms with Crippen LogP contribution in [0.2, 0.25) is 0 Å². The number of ether oxygens (including phenoxy) is 1. The Bertz CT molecular complexity index is 415. The number of alkyl halides is 1. The Kier molecular flexibility index (Phi) is 6.81. The molecule has 18 heavy (non-hydrogen) atoms. The first kappa shape index (κ1) is 15.6. The summed E-state index contributed by atoms with van der Waals surface area (Å²) in [5, 5.41) is 3.44. The van der Waals surface area contributed by atoms with Crippen LogP contribution in [0.15, 0.2) is 22.7 Å². The SMILES string of the molecule is COCCC(CBr)NC(=O)c1cc(F)ccc1Br. The largest absolute Gasteiger partial charge is 0.385 e. The number of rotatable bonds is 6. The van der Waals surface area contributed by atoms with Crippen molar-refractivity contribution in [2.45, 2.75) is 12.5 Å². The fourth-order valence-electron chi connectivity index (χ4n) is 1.38. The highest BCUT2D eigenvalue weighted by Crippen LogP contribution is 2.18. The molecule has 0 fully saturated rings. The highest BCUT2D eigenvalue weighted by Gasteiger charge is 2.15. The molecule has 1 unspecified atom stereocenters. The molecule has 1 aromatic rings. The average Bonchev–Trinajstić information content (AvgIpc) is 2.37. The Morgan fingerprint density at radius 1 is 1.56 bits per heavy atom. The van der Waals surface area contributed by atoms with E-state index >= 15 is 0 Å². The van der Waals surface area contributed by atoms with E-state index in [1.54, 1.807) is 7.11 Å². The molecule has 0 saturated carbocycles. The number of methoxy groups -OCH3 is 1. The minimum Gasteiger partial charge on any atom is -0.385 e. The van der Waals surface area contributed by atoms with Crippen LogP contribution in [0, 0.1) is 5.82 Å². The van der Waals surface area contributed by atoms with E-state index in [2.05, 4.69) is 37.2 Å². The normalized spacial score (nSPS) is 12.2. The van der Waals surface area contributed by atoms with Crippen molar-refractivity contribution in [3.05, 3.63) is 34.1 Å². The zero-order valence-corrected chi connectivity index (χ0v) is 13.1. The molecule has 0 bridgehead atoms. The molecule has 0 heterocycles. The van der Waals surface area contributed by atoms with Crippen molar-refractivity contribution in [2.75, 3.05) is 19.0 Å². The van der Waals surface area contributed by atoms with E-state index in [1.165, 1.54) is 18.2 Å². The van der Waals surface area contributed by atoms with Gasteiger partial charge < -0.3 is 10.1 Å². The third kappa shape index (κ3) is 4.66. The first-order valence-electron chi connectivity index (χ1n) is 5.39. The predicted molar refractivity (Wildman–Crippen MR) is 75.6 cm³/mol. The summed E-state index contributed by atoms with van der Waals surface area (Å²) in [5.41, 5.74) is 0.290. The highest BCUT2D eigenvalue weighted by atomic mass is 79.9. The van der Waals surface area contributed by atoms with Gasteiger partial charge in [0.05, 0.1) is 5.56 Å². The van der Waals surface area contributed by atoms with Crippen LogP contribution < -0.4 is 5.32 Å². The summed E-state index contributed by atoms with van der Waals surface area (Å²) in [6.45, 7) is 0.556. The Hall–Kier alpha value is -0.460. The second kappa shape index (κ2) is 7.86. The van der Waals surface area contributed by atoms with Crippen molar-refractivity contribution < 1.29 is 13.9 Å². The molecule has 0 aliphatic heterocycles. The van der Waals surface area contributed by atoms with Gasteiger partial charge in [-0.15, -0.1) is 0 Å². The maximum atomic E-state index is 13.1. The quantitative estimate of drug-likeness (QED) is 0.767. The van der Waals surface area contributed by atoms with Crippen LogP contribution in [-0.2, 0) is 4.74 Å². The molecule has 0 saturated heterocycles. The molecule has 3 nitrogen and oxygen atoms in total. The van der Waals surface area contributed by atoms with E-state index in [0.29, 0.717) is 28.4 Å². The number of amides is 1. The Morgan fingerprint density at radius 3 is 2.89 bits per heavy atom. The fourth-order valence-corrected chi connectivity index (χ4v) is 2.29. The van der Waals surface area contributed by atoms with Gasteiger partial charge in [-0.25, -0.2) is 4.39 Å². The number of carbonyl (C=O) groups is 1. The van der Waals surface area contributed by atoms with Crippen LogP contribution in [-0.4, -0.2) is 31.0 Å². The number of hydrogen-bond donors (Lipinski definition) is 1. The van der Waals surface area contributed by atoms with Crippen molar-refractivity contribution >= 4 is 37.8 Å². The van der Waals surface area contributed by atoms with E-state index < -0.39 is 5.82 Å². The topological polar surface area (TPSA) is 38.3 Å². The van der Waals surface area contributed by atoms with Gasteiger partial charge in [0.2, 0.25) is 0 Å². The van der Waals surface area contributed by atoms with E-state index in [9.17, 15) is 9.18 Å². The lowest BCUT2D eigenvalue weighted by Gasteiger charge is -2.16. The minimum absolute atomic E-state index is 0.0485. The summed E-state index contributed by atoms with van der Waals surface area (Å²) >= 11 is 6.56. The van der Waals surface area contributed by atoms with Gasteiger partial charge in [0.25, 0.3) is 5.91 Å². The lowest BCUT2D eigenvalue weighted by molar-refractivity contribution is 0.0929. The Morgan fingerprint density at radius 2 is 2.28 bits per heavy atom. The molecular formula is C12H14Br2FNO2.